The van der Waals surface area contributed by atoms with Crippen molar-refractivity contribution in [2.45, 2.75) is 26.7 Å². The number of amides is 1. The predicted octanol–water partition coefficient (Wildman–Crippen LogP) is 4.92. The van der Waals surface area contributed by atoms with E-state index in [1.807, 2.05) is 26.0 Å². The monoisotopic (exact) mass is 378 g/mol. The van der Waals surface area contributed by atoms with E-state index in [1.54, 1.807) is 24.4 Å². The Balaban J connectivity index is 1.71. The lowest BCUT2D eigenvalue weighted by molar-refractivity contribution is -0.121. The van der Waals surface area contributed by atoms with Gasteiger partial charge in [-0.05, 0) is 49.6 Å². The minimum Gasteiger partial charge on any atom is -0.492 e. The molecule has 0 aromatic heterocycles. The highest BCUT2D eigenvalue weighted by molar-refractivity contribution is 6.35. The van der Waals surface area contributed by atoms with E-state index in [4.69, 9.17) is 27.9 Å². The zero-order valence-corrected chi connectivity index (χ0v) is 15.7. The van der Waals surface area contributed by atoms with Gasteiger partial charge < -0.3 is 4.74 Å². The number of carbonyl (C=O) groups is 1. The van der Waals surface area contributed by atoms with Crippen LogP contribution in [-0.2, 0) is 4.79 Å². The van der Waals surface area contributed by atoms with Gasteiger partial charge in [0.05, 0.1) is 17.8 Å². The van der Waals surface area contributed by atoms with Crippen LogP contribution in [0.2, 0.25) is 10.0 Å². The van der Waals surface area contributed by atoms with Crippen molar-refractivity contribution in [2.75, 3.05) is 6.61 Å². The topological polar surface area (TPSA) is 50.7 Å². The number of aryl methyl sites for hydroxylation is 2. The minimum atomic E-state index is -0.160. The number of halogens is 2. The maximum Gasteiger partial charge on any atom is 0.240 e. The normalized spacial score (nSPS) is 10.9. The Morgan fingerprint density at radius 3 is 2.72 bits per heavy atom. The Morgan fingerprint density at radius 2 is 2.00 bits per heavy atom. The van der Waals surface area contributed by atoms with E-state index in [-0.39, 0.29) is 5.91 Å². The van der Waals surface area contributed by atoms with Crippen LogP contribution >= 0.6 is 23.2 Å². The molecule has 0 bridgehead atoms. The molecular weight excluding hydrogens is 359 g/mol. The summed E-state index contributed by atoms with van der Waals surface area (Å²) >= 11 is 11.8. The minimum absolute atomic E-state index is 0.160. The largest absolute Gasteiger partial charge is 0.492 e. The molecule has 2 rings (SSSR count). The lowest BCUT2D eigenvalue weighted by Gasteiger charge is -2.07. The summed E-state index contributed by atoms with van der Waals surface area (Å²) in [4.78, 5) is 11.8. The van der Waals surface area contributed by atoms with E-state index in [2.05, 4.69) is 16.6 Å². The van der Waals surface area contributed by atoms with Crippen molar-refractivity contribution >= 4 is 35.3 Å². The van der Waals surface area contributed by atoms with Crippen molar-refractivity contribution in [1.82, 2.24) is 5.43 Å². The van der Waals surface area contributed by atoms with E-state index in [0.29, 0.717) is 35.2 Å². The summed E-state index contributed by atoms with van der Waals surface area (Å²) < 4.78 is 5.53. The molecule has 1 amide bonds. The summed E-state index contributed by atoms with van der Waals surface area (Å²) in [6.07, 6.45) is 2.52. The maximum atomic E-state index is 11.8. The number of carbonyl (C=O) groups excluding carboxylic acids is 1. The molecule has 1 N–H and O–H groups in total. The second kappa shape index (κ2) is 9.44. The first-order valence-corrected chi connectivity index (χ1v) is 8.68. The van der Waals surface area contributed by atoms with E-state index >= 15 is 0 Å². The van der Waals surface area contributed by atoms with Crippen molar-refractivity contribution in [3.8, 4) is 5.75 Å². The SMILES string of the molecule is Cc1ccc(/C=N\NC(=O)CCCOc2ccc(Cl)cc2Cl)c(C)c1. The van der Waals surface area contributed by atoms with Crippen LogP contribution in [-0.4, -0.2) is 18.7 Å². The predicted molar refractivity (Wildman–Crippen MR) is 103 cm³/mol. The quantitative estimate of drug-likeness (QED) is 0.422. The molecule has 132 valence electrons. The number of hydrogen-bond acceptors (Lipinski definition) is 3. The fourth-order valence-corrected chi connectivity index (χ4v) is 2.67. The number of ether oxygens (including phenoxy) is 1. The second-order valence-electron chi connectivity index (χ2n) is 5.68. The Morgan fingerprint density at radius 1 is 1.20 bits per heavy atom. The molecule has 2 aromatic carbocycles. The third kappa shape index (κ3) is 6.40. The van der Waals surface area contributed by atoms with Crippen LogP contribution in [0.25, 0.3) is 0 Å². The van der Waals surface area contributed by atoms with Gasteiger partial charge in [-0.25, -0.2) is 5.43 Å². The van der Waals surface area contributed by atoms with Crippen molar-refractivity contribution in [2.24, 2.45) is 5.10 Å². The van der Waals surface area contributed by atoms with Crippen molar-refractivity contribution in [1.29, 1.82) is 0 Å². The molecule has 0 aliphatic heterocycles. The van der Waals surface area contributed by atoms with Crippen molar-refractivity contribution in [3.05, 3.63) is 63.1 Å². The van der Waals surface area contributed by atoms with Gasteiger partial charge in [-0.1, -0.05) is 47.0 Å². The molecule has 0 radical (unpaired) electrons. The standard InChI is InChI=1S/C19H20Cl2N2O2/c1-13-5-6-15(14(2)10-13)12-22-23-19(24)4-3-9-25-18-8-7-16(20)11-17(18)21/h5-8,10-12H,3-4,9H2,1-2H3,(H,23,24)/b22-12-. The van der Waals surface area contributed by atoms with Gasteiger partial charge >= 0.3 is 0 Å². The van der Waals surface area contributed by atoms with Crippen LogP contribution in [0.4, 0.5) is 0 Å². The highest BCUT2D eigenvalue weighted by atomic mass is 35.5. The lowest BCUT2D eigenvalue weighted by atomic mass is 10.1. The molecule has 0 unspecified atom stereocenters. The number of nitrogens with one attached hydrogen (secondary N) is 1. The van der Waals surface area contributed by atoms with Crippen LogP contribution in [0.1, 0.15) is 29.5 Å². The summed E-state index contributed by atoms with van der Waals surface area (Å²) in [5, 5.41) is 5.00. The van der Waals surface area contributed by atoms with Crippen LogP contribution in [0, 0.1) is 13.8 Å². The Labute approximate surface area is 157 Å². The van der Waals surface area contributed by atoms with E-state index in [1.165, 1.54) is 5.56 Å². The van der Waals surface area contributed by atoms with E-state index < -0.39 is 0 Å². The second-order valence-corrected chi connectivity index (χ2v) is 6.52. The van der Waals surface area contributed by atoms with Gasteiger partial charge in [0.15, 0.2) is 0 Å². The van der Waals surface area contributed by atoms with Gasteiger partial charge in [-0.3, -0.25) is 4.79 Å². The first-order chi connectivity index (χ1) is 12.0. The Kier molecular flexibility index (Phi) is 7.29. The lowest BCUT2D eigenvalue weighted by Crippen LogP contribution is -2.18. The fraction of sp³-hybridized carbons (Fsp3) is 0.263. The average molecular weight is 379 g/mol. The molecule has 0 spiro atoms. The molecule has 6 heteroatoms. The number of benzene rings is 2. The van der Waals surface area contributed by atoms with Crippen LogP contribution < -0.4 is 10.2 Å². The molecule has 25 heavy (non-hydrogen) atoms. The third-order valence-electron chi connectivity index (χ3n) is 3.52. The molecule has 0 fully saturated rings. The first-order valence-electron chi connectivity index (χ1n) is 7.92. The van der Waals surface area contributed by atoms with Gasteiger partial charge in [0.25, 0.3) is 0 Å². The fourth-order valence-electron chi connectivity index (χ4n) is 2.21. The summed E-state index contributed by atoms with van der Waals surface area (Å²) in [6.45, 7) is 4.43. The molecule has 0 aliphatic carbocycles. The van der Waals surface area contributed by atoms with E-state index in [0.717, 1.165) is 11.1 Å². The smallest absolute Gasteiger partial charge is 0.240 e. The zero-order chi connectivity index (χ0) is 18.2. The Bertz CT molecular complexity index is 776. The van der Waals surface area contributed by atoms with Gasteiger partial charge in [0.1, 0.15) is 5.75 Å². The molecule has 0 aliphatic rings. The molecule has 0 heterocycles. The van der Waals surface area contributed by atoms with Gasteiger partial charge in [-0.2, -0.15) is 5.10 Å². The van der Waals surface area contributed by atoms with Crippen LogP contribution in [0.5, 0.6) is 5.75 Å². The number of rotatable bonds is 7. The summed E-state index contributed by atoms with van der Waals surface area (Å²) in [7, 11) is 0. The maximum absolute atomic E-state index is 11.8. The molecule has 4 nitrogen and oxygen atoms in total. The van der Waals surface area contributed by atoms with Crippen molar-refractivity contribution < 1.29 is 9.53 Å². The highest BCUT2D eigenvalue weighted by Gasteiger charge is 2.04. The molecular formula is C19H20Cl2N2O2. The number of hydrazone groups is 1. The average Bonchev–Trinajstić information content (AvgIpc) is 2.55. The van der Waals surface area contributed by atoms with Crippen molar-refractivity contribution in [3.63, 3.8) is 0 Å². The summed E-state index contributed by atoms with van der Waals surface area (Å²) in [6, 6.07) is 11.1. The molecule has 2 aromatic rings. The highest BCUT2D eigenvalue weighted by Crippen LogP contribution is 2.27. The van der Waals surface area contributed by atoms with Crippen LogP contribution in [0.3, 0.4) is 0 Å². The van der Waals surface area contributed by atoms with Gasteiger partial charge in [-0.15, -0.1) is 0 Å². The zero-order valence-electron chi connectivity index (χ0n) is 14.2. The molecule has 0 saturated heterocycles. The van der Waals surface area contributed by atoms with Crippen LogP contribution in [0.15, 0.2) is 41.5 Å². The summed E-state index contributed by atoms with van der Waals surface area (Å²) in [5.74, 6) is 0.395. The summed E-state index contributed by atoms with van der Waals surface area (Å²) in [5.41, 5.74) is 5.81. The molecule has 0 saturated carbocycles. The number of hydrogen-bond donors (Lipinski definition) is 1. The van der Waals surface area contributed by atoms with Gasteiger partial charge in [0, 0.05) is 11.4 Å². The molecule has 0 atom stereocenters. The first kappa shape index (κ1) is 19.3. The van der Waals surface area contributed by atoms with Gasteiger partial charge in [0.2, 0.25) is 5.91 Å². The van der Waals surface area contributed by atoms with E-state index in [9.17, 15) is 4.79 Å². The third-order valence-corrected chi connectivity index (χ3v) is 4.05. The Hall–Kier alpha value is -2.04. The number of nitrogens with zero attached hydrogens (tertiary/aromatic N) is 1.